The maximum atomic E-state index is 12.1. The lowest BCUT2D eigenvalue weighted by Gasteiger charge is -2.22. The number of carbonyl (C=O) groups excluding carboxylic acids is 7. The number of alkyl halides is 12. The molecule has 35 heteroatoms. The van der Waals surface area contributed by atoms with Gasteiger partial charge in [-0.1, -0.05) is 26.3 Å². The number of ether oxygens (including phenoxy) is 12. The van der Waals surface area contributed by atoms with Gasteiger partial charge >= 0.3 is 66.5 Å². The second-order valence-corrected chi connectivity index (χ2v) is 17.9. The summed E-state index contributed by atoms with van der Waals surface area (Å²) in [6, 6.07) is 0. The molecule has 4 atom stereocenters. The third-order valence-corrected chi connectivity index (χ3v) is 11.5. The smallest absolute Gasteiger partial charge is 0.422 e. The zero-order valence-electron chi connectivity index (χ0n) is 37.9. The lowest BCUT2D eigenvalue weighted by molar-refractivity contribution is -0.193. The van der Waals surface area contributed by atoms with Crippen LogP contribution >= 0.6 is 47.0 Å². The molecule has 0 bridgehead atoms. The summed E-state index contributed by atoms with van der Waals surface area (Å²) in [5.41, 5.74) is -6.58. The van der Waals surface area contributed by atoms with Crippen molar-refractivity contribution in [2.45, 2.75) is 49.9 Å². The van der Waals surface area contributed by atoms with Gasteiger partial charge in [-0.3, -0.25) is 0 Å². The highest BCUT2D eigenvalue weighted by molar-refractivity contribution is 8.00. The number of thioether (sulfide) groups is 4. The zero-order chi connectivity index (χ0) is 56.3. The Hall–Kier alpha value is -4.39. The van der Waals surface area contributed by atoms with Crippen LogP contribution in [0.1, 0.15) is 0 Å². The second kappa shape index (κ2) is 33.6. The van der Waals surface area contributed by atoms with E-state index in [0.717, 1.165) is 23.0 Å². The van der Waals surface area contributed by atoms with Crippen LogP contribution in [0.3, 0.4) is 0 Å². The van der Waals surface area contributed by atoms with Gasteiger partial charge in [0.1, 0.15) is 22.3 Å². The molecule has 74 heavy (non-hydrogen) atoms. The highest BCUT2D eigenvalue weighted by Crippen LogP contribution is 2.28. The van der Waals surface area contributed by atoms with Gasteiger partial charge in [-0.15, -0.1) is 0 Å². The van der Waals surface area contributed by atoms with E-state index in [2.05, 4.69) is 45.3 Å². The van der Waals surface area contributed by atoms with Crippen LogP contribution in [0.2, 0.25) is 0 Å². The lowest BCUT2D eigenvalue weighted by Crippen LogP contribution is -2.31. The molecule has 0 aromatic heterocycles. The number of halogens is 12. The Balaban J connectivity index is 0.000000494. The predicted molar refractivity (Wildman–Crippen MR) is 232 cm³/mol. The van der Waals surface area contributed by atoms with Crippen molar-refractivity contribution < 1.29 is 143 Å². The molecule has 4 aliphatic heterocycles. The Kier molecular flexibility index (Phi) is 30.7. The maximum absolute atomic E-state index is 12.1. The first-order valence-corrected chi connectivity index (χ1v) is 24.6. The van der Waals surface area contributed by atoms with Gasteiger partial charge < -0.3 is 56.8 Å². The Morgan fingerprint density at radius 3 is 0.838 bits per heavy atom. The van der Waals surface area contributed by atoms with E-state index in [-0.39, 0.29) is 0 Å². The molecule has 4 unspecified atom stereocenters. The molecule has 0 saturated carbocycles. The van der Waals surface area contributed by atoms with Crippen molar-refractivity contribution in [2.24, 2.45) is 0 Å². The first kappa shape index (κ1) is 67.6. The molecule has 4 saturated heterocycles. The van der Waals surface area contributed by atoms with Crippen LogP contribution in [0.25, 0.3) is 0 Å². The van der Waals surface area contributed by atoms with Crippen LogP contribution in [0.5, 0.6) is 0 Å². The fourth-order valence-corrected chi connectivity index (χ4v) is 7.03. The summed E-state index contributed by atoms with van der Waals surface area (Å²) < 4.78 is 201. The van der Waals surface area contributed by atoms with Gasteiger partial charge in [-0.05, 0) is 0 Å². The predicted octanol–water partition coefficient (Wildman–Crippen LogP) is 5.55. The van der Waals surface area contributed by atoms with Crippen LogP contribution in [-0.2, 0) is 90.4 Å². The van der Waals surface area contributed by atoms with Crippen molar-refractivity contribution in [3.8, 4) is 0 Å². The fourth-order valence-electron chi connectivity index (χ4n) is 4.06. The number of carbonyl (C=O) groups is 7. The molecular formula is C39H44F12O19S4. The van der Waals surface area contributed by atoms with E-state index >= 15 is 0 Å². The molecule has 19 nitrogen and oxygen atoms in total. The molecule has 0 aromatic carbocycles. The normalized spacial score (nSPS) is 19.9. The van der Waals surface area contributed by atoms with E-state index < -0.39 is 141 Å². The van der Waals surface area contributed by atoms with Crippen LogP contribution in [0.4, 0.5) is 52.7 Å². The fraction of sp³-hybridized carbons (Fsp3) is 0.615. The summed E-state index contributed by atoms with van der Waals surface area (Å²) in [5.74, 6) is -4.60. The van der Waals surface area contributed by atoms with Crippen LogP contribution in [0.15, 0.2) is 48.6 Å². The molecule has 422 valence electrons. The first-order valence-electron chi connectivity index (χ1n) is 20.0. The van der Waals surface area contributed by atoms with Gasteiger partial charge in [-0.2, -0.15) is 99.7 Å². The van der Waals surface area contributed by atoms with Crippen molar-refractivity contribution in [1.82, 2.24) is 0 Å². The number of rotatable bonds is 16. The molecule has 4 heterocycles. The minimum Gasteiger partial charge on any atom is -0.450 e. The highest BCUT2D eigenvalue weighted by atomic mass is 32.2. The summed E-state index contributed by atoms with van der Waals surface area (Å²) >= 11 is 6.10. The van der Waals surface area contributed by atoms with Crippen LogP contribution in [0, 0.1) is 0 Å². The number of hydrogen-bond acceptors (Lipinski definition) is 23. The summed E-state index contributed by atoms with van der Waals surface area (Å²) in [5, 5.41) is 0. The second-order valence-electron chi connectivity index (χ2n) is 13.3. The largest absolute Gasteiger partial charge is 0.450 e. The van der Waals surface area contributed by atoms with E-state index in [1.165, 1.54) is 35.3 Å². The Bertz CT molecular complexity index is 1740. The van der Waals surface area contributed by atoms with Gasteiger partial charge in [0.15, 0.2) is 32.9 Å². The third kappa shape index (κ3) is 29.6. The monoisotopic (exact) mass is 1170 g/mol. The van der Waals surface area contributed by atoms with Crippen molar-refractivity contribution >= 4 is 88.8 Å². The quantitative estimate of drug-likeness (QED) is 0.0606. The Morgan fingerprint density at radius 1 is 0.392 bits per heavy atom. The van der Waals surface area contributed by atoms with Crippen molar-refractivity contribution in [1.29, 1.82) is 0 Å². The van der Waals surface area contributed by atoms with Gasteiger partial charge in [0.05, 0.1) is 43.7 Å². The van der Waals surface area contributed by atoms with Crippen molar-refractivity contribution in [2.75, 3.05) is 99.1 Å². The van der Waals surface area contributed by atoms with E-state index in [1.54, 1.807) is 11.8 Å². The van der Waals surface area contributed by atoms with Gasteiger partial charge in [0.25, 0.3) is 0 Å². The summed E-state index contributed by atoms with van der Waals surface area (Å²) in [6.45, 7) is 8.61. The number of hydrogen-bond donors (Lipinski definition) is 0. The minimum atomic E-state index is -4.88. The Labute approximate surface area is 428 Å². The summed E-state index contributed by atoms with van der Waals surface area (Å²) in [7, 11) is 0. The molecule has 4 rings (SSSR count). The minimum absolute atomic E-state index is 0.410. The van der Waals surface area contributed by atoms with Crippen LogP contribution in [-0.4, -0.2) is 191 Å². The van der Waals surface area contributed by atoms with E-state index in [4.69, 9.17) is 37.9 Å². The molecule has 0 radical (unpaired) electrons. The molecule has 4 fully saturated rings. The van der Waals surface area contributed by atoms with Gasteiger partial charge in [-0.25, -0.2) is 33.6 Å². The van der Waals surface area contributed by atoms with E-state index in [1.807, 2.05) is 0 Å². The van der Waals surface area contributed by atoms with Crippen LogP contribution < -0.4 is 0 Å². The standard InChI is InChI=1S/3C10H11F3O5S.C9H11F3O4S/c3*1-6(10(11,12)13)9(15)17-4-7(14)18-8-5-19-3-2-16-8;1-6(9(10,11)12)8(13)16-5-15-7-4-17-3-2-14-7/h3*8H,1-5H2;7H,1-5H2. The van der Waals surface area contributed by atoms with Crippen molar-refractivity contribution in [3.05, 3.63) is 48.6 Å². The maximum Gasteiger partial charge on any atom is 0.422 e. The number of esters is 7. The van der Waals surface area contributed by atoms with E-state index in [9.17, 15) is 86.2 Å². The highest BCUT2D eigenvalue weighted by Gasteiger charge is 2.41. The third-order valence-electron chi connectivity index (χ3n) is 7.69. The molecule has 0 N–H and O–H groups in total. The average molecular weight is 1170 g/mol. The molecule has 4 aliphatic rings. The van der Waals surface area contributed by atoms with Crippen molar-refractivity contribution in [3.63, 3.8) is 0 Å². The van der Waals surface area contributed by atoms with Gasteiger partial charge in [0, 0.05) is 28.8 Å². The zero-order valence-corrected chi connectivity index (χ0v) is 41.1. The average Bonchev–Trinajstić information content (AvgIpc) is 3.33. The molecule has 0 spiro atoms. The SMILES string of the molecule is C=C(C(=O)OCC(=O)OC1CSCCO1)C(F)(F)F.C=C(C(=O)OCC(=O)OC1CSCCO1)C(F)(F)F.C=C(C(=O)OCC(=O)OC1CSCCO1)C(F)(F)F.C=C(C(=O)OCOC1CSCCO1)C(F)(F)F. The molecule has 0 aromatic rings. The molecule has 0 aliphatic carbocycles. The van der Waals surface area contributed by atoms with Gasteiger partial charge in [0.2, 0.25) is 18.9 Å². The topological polar surface area (TPSA) is 230 Å². The first-order chi connectivity index (χ1) is 34.3. The molecule has 0 amide bonds. The Morgan fingerprint density at radius 2 is 0.622 bits per heavy atom. The lowest BCUT2D eigenvalue weighted by atomic mass is 10.3. The molecular weight excluding hydrogens is 1130 g/mol. The summed E-state index contributed by atoms with van der Waals surface area (Å²) in [6.07, 6.45) is -22.3. The summed E-state index contributed by atoms with van der Waals surface area (Å²) in [4.78, 5) is 77.1. The van der Waals surface area contributed by atoms with E-state index in [0.29, 0.717) is 49.4 Å².